The van der Waals surface area contributed by atoms with E-state index in [0.29, 0.717) is 33.2 Å². The quantitative estimate of drug-likeness (QED) is 0.381. The van der Waals surface area contributed by atoms with Gasteiger partial charge in [0.1, 0.15) is 28.5 Å². The van der Waals surface area contributed by atoms with Gasteiger partial charge in [0.25, 0.3) is 5.91 Å². The second kappa shape index (κ2) is 8.32. The summed E-state index contributed by atoms with van der Waals surface area (Å²) < 4.78 is 11.4. The molecule has 1 aromatic heterocycles. The molecule has 2 atom stereocenters. The van der Waals surface area contributed by atoms with E-state index < -0.39 is 29.4 Å². The number of methoxy groups -OCH3 is 1. The third kappa shape index (κ3) is 3.57. The molecule has 4 aromatic rings. The minimum absolute atomic E-state index is 0.339. The largest absolute Gasteiger partial charge is 0.495 e. The van der Waals surface area contributed by atoms with Crippen molar-refractivity contribution >= 4 is 57.1 Å². The van der Waals surface area contributed by atoms with Gasteiger partial charge in [0.15, 0.2) is 0 Å². The Bertz CT molecular complexity index is 1510. The van der Waals surface area contributed by atoms with Crippen molar-refractivity contribution in [1.29, 1.82) is 0 Å². The van der Waals surface area contributed by atoms with Crippen LogP contribution < -0.4 is 15.4 Å². The summed E-state index contributed by atoms with van der Waals surface area (Å²) in [5.41, 5.74) is 0.689. The van der Waals surface area contributed by atoms with Gasteiger partial charge in [-0.3, -0.25) is 9.59 Å². The summed E-state index contributed by atoms with van der Waals surface area (Å²) >= 11 is 6.29. The Labute approximate surface area is 205 Å². The van der Waals surface area contributed by atoms with Crippen LogP contribution in [0, 0.1) is 0 Å². The number of nitrogens with one attached hydrogen (secondary N) is 2. The fourth-order valence-electron chi connectivity index (χ4n) is 4.43. The normalized spacial score (nSPS) is 18.7. The van der Waals surface area contributed by atoms with Gasteiger partial charge in [-0.2, -0.15) is 0 Å². The van der Waals surface area contributed by atoms with Gasteiger partial charge in [-0.15, -0.1) is 0 Å². The number of nitrogens with zero attached hydrogens (tertiary/aromatic N) is 1. The Kier molecular flexibility index (Phi) is 5.40. The fourth-order valence-corrected chi connectivity index (χ4v) is 4.76. The fraction of sp³-hybridized carbons (Fsp3) is 0.192. The maximum absolute atomic E-state index is 13.4. The first-order chi connectivity index (χ1) is 16.7. The number of rotatable bonds is 5. The average molecular weight is 492 g/mol. The van der Waals surface area contributed by atoms with Gasteiger partial charge < -0.3 is 19.8 Å². The molecule has 2 N–H and O–H groups in total. The molecule has 0 radical (unpaired) electrons. The van der Waals surface area contributed by atoms with Gasteiger partial charge in [-0.25, -0.2) is 9.69 Å². The number of imide groups is 1. The van der Waals surface area contributed by atoms with Crippen molar-refractivity contribution in [2.75, 3.05) is 12.4 Å². The van der Waals surface area contributed by atoms with Crippen LogP contribution in [-0.4, -0.2) is 35.9 Å². The van der Waals surface area contributed by atoms with Crippen molar-refractivity contribution in [3.8, 4) is 5.75 Å². The first kappa shape index (κ1) is 22.7. The molecule has 5 rings (SSSR count). The second-order valence-electron chi connectivity index (χ2n) is 8.52. The number of amides is 4. The van der Waals surface area contributed by atoms with E-state index in [4.69, 9.17) is 20.8 Å². The van der Waals surface area contributed by atoms with Crippen LogP contribution in [0.4, 0.5) is 10.5 Å². The zero-order valence-corrected chi connectivity index (χ0v) is 20.0. The second-order valence-corrected chi connectivity index (χ2v) is 8.93. The Balaban J connectivity index is 1.44. The number of fused-ring (bicyclic) bond motifs is 3. The van der Waals surface area contributed by atoms with Crippen LogP contribution in [0.5, 0.6) is 5.75 Å². The molecule has 0 bridgehead atoms. The van der Waals surface area contributed by atoms with E-state index in [1.165, 1.54) is 14.0 Å². The lowest BCUT2D eigenvalue weighted by Gasteiger charge is -2.25. The Hall–Kier alpha value is -4.04. The molecular weight excluding hydrogens is 470 g/mol. The molecule has 0 saturated carbocycles. The summed E-state index contributed by atoms with van der Waals surface area (Å²) in [6.07, 6.45) is 0. The Morgan fingerprint density at radius 1 is 1.09 bits per heavy atom. The SMILES string of the molecule is COc1cc2c(cc1NC(=O)C(C)N1C(=O)NC(C)(c3ccccc3Cl)C1=O)oc1ccccc12. The van der Waals surface area contributed by atoms with E-state index in [1.807, 2.05) is 24.3 Å². The Morgan fingerprint density at radius 2 is 1.80 bits per heavy atom. The lowest BCUT2D eigenvalue weighted by atomic mass is 9.91. The van der Waals surface area contributed by atoms with Crippen LogP contribution in [-0.2, 0) is 15.1 Å². The molecule has 1 fully saturated rings. The summed E-state index contributed by atoms with van der Waals surface area (Å²) in [6, 6.07) is 16.0. The molecular formula is C26H22ClN3O5. The minimum Gasteiger partial charge on any atom is -0.495 e. The number of ether oxygens (including phenoxy) is 1. The van der Waals surface area contributed by atoms with E-state index in [1.54, 1.807) is 43.3 Å². The number of hydrogen-bond acceptors (Lipinski definition) is 5. The van der Waals surface area contributed by atoms with Crippen LogP contribution in [0.1, 0.15) is 19.4 Å². The molecule has 2 heterocycles. The first-order valence-electron chi connectivity index (χ1n) is 11.0. The van der Waals surface area contributed by atoms with E-state index >= 15 is 0 Å². The molecule has 1 saturated heterocycles. The van der Waals surface area contributed by atoms with Gasteiger partial charge >= 0.3 is 6.03 Å². The summed E-state index contributed by atoms with van der Waals surface area (Å²) in [5, 5.41) is 7.55. The van der Waals surface area contributed by atoms with Gasteiger partial charge in [-0.1, -0.05) is 48.0 Å². The number of benzene rings is 3. The zero-order chi connectivity index (χ0) is 24.9. The van der Waals surface area contributed by atoms with E-state index in [0.717, 1.165) is 15.7 Å². The predicted molar refractivity (Wildman–Crippen MR) is 133 cm³/mol. The highest BCUT2D eigenvalue weighted by molar-refractivity contribution is 6.32. The van der Waals surface area contributed by atoms with Crippen LogP contribution in [0.2, 0.25) is 5.02 Å². The lowest BCUT2D eigenvalue weighted by Crippen LogP contribution is -2.47. The maximum atomic E-state index is 13.4. The molecule has 2 unspecified atom stereocenters. The number of furan rings is 1. The number of halogens is 1. The van der Waals surface area contributed by atoms with Crippen LogP contribution in [0.15, 0.2) is 65.1 Å². The number of carbonyl (C=O) groups excluding carboxylic acids is 3. The number of carbonyl (C=O) groups is 3. The highest BCUT2D eigenvalue weighted by Crippen LogP contribution is 2.37. The molecule has 9 heteroatoms. The van der Waals surface area contributed by atoms with Crippen molar-refractivity contribution in [3.63, 3.8) is 0 Å². The minimum atomic E-state index is -1.39. The standard InChI is InChI=1S/C26H22ClN3O5/c1-14(30-24(32)26(2,29-25(30)33)17-9-5-6-10-18(17)27)23(31)28-19-13-21-16(12-22(19)34-3)15-8-4-7-11-20(15)35-21/h4-14H,1-3H3,(H,28,31)(H,29,33). The van der Waals surface area contributed by atoms with Crippen LogP contribution in [0.3, 0.4) is 0 Å². The summed E-state index contributed by atoms with van der Waals surface area (Å²) in [5.74, 6) is -0.716. The molecule has 1 aliphatic heterocycles. The highest BCUT2D eigenvalue weighted by atomic mass is 35.5. The van der Waals surface area contributed by atoms with E-state index in [9.17, 15) is 14.4 Å². The highest BCUT2D eigenvalue weighted by Gasteiger charge is 2.52. The number of urea groups is 1. The first-order valence-corrected chi connectivity index (χ1v) is 11.3. The molecule has 8 nitrogen and oxygen atoms in total. The molecule has 4 amide bonds. The van der Waals surface area contributed by atoms with Gasteiger partial charge in [-0.05, 0) is 32.0 Å². The van der Waals surface area contributed by atoms with Gasteiger partial charge in [0.2, 0.25) is 5.91 Å². The maximum Gasteiger partial charge on any atom is 0.326 e. The van der Waals surface area contributed by atoms with Crippen molar-refractivity contribution < 1.29 is 23.5 Å². The topological polar surface area (TPSA) is 101 Å². The van der Waals surface area contributed by atoms with Crippen molar-refractivity contribution in [2.24, 2.45) is 0 Å². The number of para-hydroxylation sites is 1. The third-order valence-electron chi connectivity index (χ3n) is 6.36. The zero-order valence-electron chi connectivity index (χ0n) is 19.2. The van der Waals surface area contributed by atoms with Crippen molar-refractivity contribution in [1.82, 2.24) is 10.2 Å². The van der Waals surface area contributed by atoms with Crippen molar-refractivity contribution in [2.45, 2.75) is 25.4 Å². The molecule has 3 aromatic carbocycles. The monoisotopic (exact) mass is 491 g/mol. The lowest BCUT2D eigenvalue weighted by molar-refractivity contribution is -0.136. The van der Waals surface area contributed by atoms with Crippen LogP contribution in [0.25, 0.3) is 21.9 Å². The number of anilines is 1. The molecule has 178 valence electrons. The van der Waals surface area contributed by atoms with E-state index in [-0.39, 0.29) is 0 Å². The van der Waals surface area contributed by atoms with Gasteiger partial charge in [0.05, 0.1) is 12.8 Å². The average Bonchev–Trinajstić information content (AvgIpc) is 3.31. The van der Waals surface area contributed by atoms with Crippen LogP contribution >= 0.6 is 11.6 Å². The predicted octanol–water partition coefficient (Wildman–Crippen LogP) is 5.04. The molecule has 0 aliphatic carbocycles. The summed E-state index contributed by atoms with van der Waals surface area (Å²) in [6.45, 7) is 3.05. The summed E-state index contributed by atoms with van der Waals surface area (Å²) in [4.78, 5) is 40.3. The molecule has 0 spiro atoms. The van der Waals surface area contributed by atoms with E-state index in [2.05, 4.69) is 10.6 Å². The molecule has 1 aliphatic rings. The number of hydrogen-bond donors (Lipinski definition) is 2. The summed E-state index contributed by atoms with van der Waals surface area (Å²) in [7, 11) is 1.50. The Morgan fingerprint density at radius 3 is 2.54 bits per heavy atom. The van der Waals surface area contributed by atoms with Gasteiger partial charge in [0, 0.05) is 27.4 Å². The molecule has 35 heavy (non-hydrogen) atoms. The van der Waals surface area contributed by atoms with Crippen molar-refractivity contribution in [3.05, 3.63) is 71.2 Å². The third-order valence-corrected chi connectivity index (χ3v) is 6.69. The smallest absolute Gasteiger partial charge is 0.326 e.